The summed E-state index contributed by atoms with van der Waals surface area (Å²) < 4.78 is 15.5. The van der Waals surface area contributed by atoms with Crippen molar-refractivity contribution >= 4 is 44.9 Å². The van der Waals surface area contributed by atoms with E-state index in [9.17, 15) is 0 Å². The maximum atomic E-state index is 5.76. The van der Waals surface area contributed by atoms with Gasteiger partial charge in [-0.05, 0) is 35.4 Å². The molecule has 3 aromatic carbocycles. The van der Waals surface area contributed by atoms with Crippen LogP contribution in [0, 0.1) is 0 Å². The number of aromatic nitrogens is 2. The molecule has 0 aliphatic heterocycles. The van der Waals surface area contributed by atoms with Crippen molar-refractivity contribution in [2.45, 2.75) is 26.4 Å². The van der Waals surface area contributed by atoms with Gasteiger partial charge in [0.05, 0.1) is 25.2 Å². The number of nitrogens with zero attached hydrogens (tertiary/aromatic N) is 2. The van der Waals surface area contributed by atoms with Crippen molar-refractivity contribution in [2.24, 2.45) is 0 Å². The van der Waals surface area contributed by atoms with E-state index in [0.717, 1.165) is 19.5 Å². The summed E-state index contributed by atoms with van der Waals surface area (Å²) in [6.07, 6.45) is 7.79. The first kappa shape index (κ1) is 23.3. The van der Waals surface area contributed by atoms with Crippen molar-refractivity contribution in [1.29, 1.82) is 0 Å². The molecule has 2 heterocycles. The number of hydrogen-bond acceptors (Lipinski definition) is 2. The first-order chi connectivity index (χ1) is 17.3. The van der Waals surface area contributed by atoms with Gasteiger partial charge in [0.2, 0.25) is 5.52 Å². The third-order valence-electron chi connectivity index (χ3n) is 6.57. The zero-order valence-electron chi connectivity index (χ0n) is 20.6. The van der Waals surface area contributed by atoms with Gasteiger partial charge >= 0.3 is 0 Å². The quantitative estimate of drug-likeness (QED) is 0.174. The molecule has 0 radical (unpaired) electrons. The van der Waals surface area contributed by atoms with E-state index < -0.39 is 0 Å². The highest BCUT2D eigenvalue weighted by Gasteiger charge is 2.12. The minimum absolute atomic E-state index is 0.620. The molecule has 0 N–H and O–H groups in total. The van der Waals surface area contributed by atoms with Crippen LogP contribution in [-0.4, -0.2) is 31.5 Å². The SMILES string of the molecule is CCC[n+]1ccc(/C=C/c2ccc3c(c2)c2ccccc2n3CCOCCOC)c2ccccc21. The van der Waals surface area contributed by atoms with Gasteiger partial charge in [-0.25, -0.2) is 0 Å². The first-order valence-corrected chi connectivity index (χ1v) is 12.5. The third-order valence-corrected chi connectivity index (χ3v) is 6.57. The lowest BCUT2D eigenvalue weighted by atomic mass is 10.1. The van der Waals surface area contributed by atoms with Crippen molar-refractivity contribution in [3.8, 4) is 0 Å². The van der Waals surface area contributed by atoms with Crippen LogP contribution < -0.4 is 4.57 Å². The van der Waals surface area contributed by atoms with Crippen LogP contribution in [0.15, 0.2) is 79.0 Å². The molecule has 4 heteroatoms. The molecule has 0 spiro atoms. The second-order valence-corrected chi connectivity index (χ2v) is 8.87. The molecular formula is C31H33N2O2+. The van der Waals surface area contributed by atoms with E-state index in [-0.39, 0.29) is 0 Å². The van der Waals surface area contributed by atoms with Crippen LogP contribution in [0.5, 0.6) is 0 Å². The summed E-state index contributed by atoms with van der Waals surface area (Å²) in [5, 5.41) is 3.84. The van der Waals surface area contributed by atoms with E-state index in [1.54, 1.807) is 7.11 Å². The Morgan fingerprint density at radius 3 is 2.46 bits per heavy atom. The predicted octanol–water partition coefficient (Wildman–Crippen LogP) is 6.48. The number of hydrogen-bond donors (Lipinski definition) is 0. The van der Waals surface area contributed by atoms with Gasteiger partial charge in [0, 0.05) is 54.0 Å². The van der Waals surface area contributed by atoms with Crippen LogP contribution in [0.1, 0.15) is 24.5 Å². The monoisotopic (exact) mass is 465 g/mol. The molecule has 35 heavy (non-hydrogen) atoms. The molecular weight excluding hydrogens is 432 g/mol. The average Bonchev–Trinajstić information content (AvgIpc) is 3.21. The van der Waals surface area contributed by atoms with Crippen molar-refractivity contribution in [2.75, 3.05) is 26.9 Å². The molecule has 0 aliphatic carbocycles. The normalized spacial score (nSPS) is 11.9. The van der Waals surface area contributed by atoms with E-state index in [1.807, 2.05) is 0 Å². The molecule has 0 amide bonds. The minimum atomic E-state index is 0.620. The fourth-order valence-corrected chi connectivity index (χ4v) is 4.89. The van der Waals surface area contributed by atoms with Gasteiger partial charge in [-0.15, -0.1) is 0 Å². The van der Waals surface area contributed by atoms with Gasteiger partial charge in [0.15, 0.2) is 6.20 Å². The number of para-hydroxylation sites is 2. The highest BCUT2D eigenvalue weighted by molar-refractivity contribution is 6.08. The summed E-state index contributed by atoms with van der Waals surface area (Å²) in [6, 6.07) is 26.3. The maximum absolute atomic E-state index is 5.76. The van der Waals surface area contributed by atoms with Crippen LogP contribution in [0.2, 0.25) is 0 Å². The maximum Gasteiger partial charge on any atom is 0.213 e. The third kappa shape index (κ3) is 4.86. The Kier molecular flexibility index (Phi) is 7.22. The van der Waals surface area contributed by atoms with E-state index >= 15 is 0 Å². The number of methoxy groups -OCH3 is 1. The lowest BCUT2D eigenvalue weighted by Gasteiger charge is -2.08. The number of ether oxygens (including phenoxy) is 2. The Morgan fingerprint density at radius 1 is 0.800 bits per heavy atom. The first-order valence-electron chi connectivity index (χ1n) is 12.5. The largest absolute Gasteiger partial charge is 0.382 e. The van der Waals surface area contributed by atoms with Crippen LogP contribution in [0.4, 0.5) is 0 Å². The van der Waals surface area contributed by atoms with Gasteiger partial charge in [0.1, 0.15) is 6.54 Å². The van der Waals surface area contributed by atoms with Gasteiger partial charge in [-0.2, -0.15) is 4.57 Å². The molecule has 178 valence electrons. The molecule has 2 aromatic heterocycles. The Hall–Kier alpha value is -3.47. The Balaban J connectivity index is 1.48. The second-order valence-electron chi connectivity index (χ2n) is 8.87. The second kappa shape index (κ2) is 10.9. The van der Waals surface area contributed by atoms with Crippen molar-refractivity contribution in [3.63, 3.8) is 0 Å². The molecule has 5 aromatic rings. The molecule has 0 saturated carbocycles. The Bertz CT molecular complexity index is 1480. The fraction of sp³-hybridized carbons (Fsp3) is 0.258. The lowest BCUT2D eigenvalue weighted by molar-refractivity contribution is -0.671. The van der Waals surface area contributed by atoms with Gasteiger partial charge in [0.25, 0.3) is 0 Å². The predicted molar refractivity (Wildman–Crippen MR) is 146 cm³/mol. The van der Waals surface area contributed by atoms with Crippen molar-refractivity contribution in [3.05, 3.63) is 90.1 Å². The summed E-state index contributed by atoms with van der Waals surface area (Å²) in [5.74, 6) is 0. The molecule has 4 nitrogen and oxygen atoms in total. The molecule has 0 atom stereocenters. The highest BCUT2D eigenvalue weighted by atomic mass is 16.5. The number of fused-ring (bicyclic) bond motifs is 4. The Labute approximate surface area is 207 Å². The molecule has 0 aliphatic rings. The van der Waals surface area contributed by atoms with E-state index in [1.165, 1.54) is 43.8 Å². The number of aryl methyl sites for hydroxylation is 1. The molecule has 0 bridgehead atoms. The standard InChI is InChI=1S/C31H33N2O2/c1-3-17-32-18-16-25(26-8-4-6-10-29(26)32)14-12-24-13-15-31-28(23-24)27-9-5-7-11-30(27)33(31)19-20-35-22-21-34-2/h4-16,18,23H,3,17,19-22H2,1-2H3/q+1. The summed E-state index contributed by atoms with van der Waals surface area (Å²) >= 11 is 0. The molecule has 0 fully saturated rings. The summed E-state index contributed by atoms with van der Waals surface area (Å²) in [6.45, 7) is 5.97. The van der Waals surface area contributed by atoms with Crippen LogP contribution in [0.25, 0.3) is 44.9 Å². The van der Waals surface area contributed by atoms with E-state index in [4.69, 9.17) is 9.47 Å². The van der Waals surface area contributed by atoms with Crippen LogP contribution in [0.3, 0.4) is 0 Å². The Morgan fingerprint density at radius 2 is 1.60 bits per heavy atom. The average molecular weight is 466 g/mol. The van der Waals surface area contributed by atoms with E-state index in [2.05, 4.69) is 107 Å². The zero-order valence-corrected chi connectivity index (χ0v) is 20.6. The van der Waals surface area contributed by atoms with Gasteiger partial charge in [-0.3, -0.25) is 0 Å². The molecule has 5 rings (SSSR count). The number of benzene rings is 3. The molecule has 0 saturated heterocycles. The topological polar surface area (TPSA) is 27.3 Å². The van der Waals surface area contributed by atoms with E-state index in [0.29, 0.717) is 19.8 Å². The lowest BCUT2D eigenvalue weighted by Crippen LogP contribution is -2.33. The van der Waals surface area contributed by atoms with Crippen molar-refractivity contribution in [1.82, 2.24) is 4.57 Å². The number of pyridine rings is 1. The highest BCUT2D eigenvalue weighted by Crippen LogP contribution is 2.30. The minimum Gasteiger partial charge on any atom is -0.382 e. The van der Waals surface area contributed by atoms with Crippen LogP contribution >= 0.6 is 0 Å². The smallest absolute Gasteiger partial charge is 0.213 e. The summed E-state index contributed by atoms with van der Waals surface area (Å²) in [4.78, 5) is 0. The van der Waals surface area contributed by atoms with Gasteiger partial charge < -0.3 is 14.0 Å². The number of rotatable bonds is 10. The van der Waals surface area contributed by atoms with Gasteiger partial charge in [-0.1, -0.05) is 55.5 Å². The summed E-state index contributed by atoms with van der Waals surface area (Å²) in [5.41, 5.74) is 6.20. The van der Waals surface area contributed by atoms with Crippen molar-refractivity contribution < 1.29 is 14.0 Å². The fourth-order valence-electron chi connectivity index (χ4n) is 4.89. The van der Waals surface area contributed by atoms with Crippen LogP contribution in [-0.2, 0) is 22.6 Å². The summed E-state index contributed by atoms with van der Waals surface area (Å²) in [7, 11) is 1.70. The zero-order chi connectivity index (χ0) is 24.0. The molecule has 0 unspecified atom stereocenters.